The van der Waals surface area contributed by atoms with E-state index in [1.165, 1.54) is 0 Å². The molecule has 0 atom stereocenters. The topological polar surface area (TPSA) is 50.2 Å². The van der Waals surface area contributed by atoms with Crippen LogP contribution < -0.4 is 5.32 Å². The average molecular weight is 178 g/mol. The molecule has 4 nitrogen and oxygen atoms in total. The van der Waals surface area contributed by atoms with Crippen molar-refractivity contribution in [2.75, 3.05) is 12.4 Å². The molecule has 0 aliphatic heterocycles. The number of rotatable bonds is 2. The van der Waals surface area contributed by atoms with Gasteiger partial charge in [0.05, 0.1) is 5.84 Å². The minimum Gasteiger partial charge on any atom is -0.329 e. The van der Waals surface area contributed by atoms with Gasteiger partial charge in [-0.15, -0.1) is 0 Å². The van der Waals surface area contributed by atoms with Crippen molar-refractivity contribution in [2.24, 2.45) is 4.99 Å². The minimum absolute atomic E-state index is 0.801. The summed E-state index contributed by atoms with van der Waals surface area (Å²) in [7, 11) is 1.74. The van der Waals surface area contributed by atoms with Crippen molar-refractivity contribution in [1.29, 1.82) is 0 Å². The van der Waals surface area contributed by atoms with Gasteiger partial charge in [-0.25, -0.2) is 9.97 Å². The first-order chi connectivity index (χ1) is 6.26. The molecule has 0 fully saturated rings. The summed E-state index contributed by atoms with van der Waals surface area (Å²) in [6.07, 6.45) is 2.59. The molecule has 1 rings (SSSR count). The Kier molecular flexibility index (Phi) is 3.37. The van der Waals surface area contributed by atoms with Gasteiger partial charge in [-0.1, -0.05) is 6.92 Å². The van der Waals surface area contributed by atoms with Crippen molar-refractivity contribution in [3.63, 3.8) is 0 Å². The van der Waals surface area contributed by atoms with Crippen LogP contribution in [0.2, 0.25) is 0 Å². The van der Waals surface area contributed by atoms with E-state index in [1.807, 2.05) is 19.9 Å². The zero-order valence-corrected chi connectivity index (χ0v) is 8.20. The SMILES string of the molecule is CCc1nccc(NC(C)=NC)n1. The van der Waals surface area contributed by atoms with Gasteiger partial charge in [-0.2, -0.15) is 0 Å². The van der Waals surface area contributed by atoms with Crippen LogP contribution in [0.4, 0.5) is 5.82 Å². The van der Waals surface area contributed by atoms with Crippen molar-refractivity contribution in [3.05, 3.63) is 18.1 Å². The quantitative estimate of drug-likeness (QED) is 0.551. The minimum atomic E-state index is 0.801. The third kappa shape index (κ3) is 2.82. The molecular weight excluding hydrogens is 164 g/mol. The fraction of sp³-hybridized carbons (Fsp3) is 0.444. The van der Waals surface area contributed by atoms with E-state index < -0.39 is 0 Å². The molecule has 0 aliphatic rings. The van der Waals surface area contributed by atoms with Crippen LogP contribution in [0.5, 0.6) is 0 Å². The summed E-state index contributed by atoms with van der Waals surface area (Å²) in [5.41, 5.74) is 0. The van der Waals surface area contributed by atoms with E-state index in [0.717, 1.165) is 23.9 Å². The Morgan fingerprint density at radius 1 is 1.62 bits per heavy atom. The fourth-order valence-electron chi connectivity index (χ4n) is 0.880. The molecule has 1 N–H and O–H groups in total. The lowest BCUT2D eigenvalue weighted by Crippen LogP contribution is -2.09. The summed E-state index contributed by atoms with van der Waals surface area (Å²) < 4.78 is 0. The standard InChI is InChI=1S/C9H14N4/c1-4-8-11-6-5-9(13-8)12-7(2)10-3/h5-6H,4H2,1-3H3,(H,10,11,12,13). The first-order valence-electron chi connectivity index (χ1n) is 4.28. The maximum atomic E-state index is 4.28. The summed E-state index contributed by atoms with van der Waals surface area (Å²) in [6.45, 7) is 3.92. The summed E-state index contributed by atoms with van der Waals surface area (Å²) in [5, 5.41) is 3.07. The second-order valence-corrected chi connectivity index (χ2v) is 2.65. The lowest BCUT2D eigenvalue weighted by Gasteiger charge is -2.04. The third-order valence-electron chi connectivity index (χ3n) is 1.67. The van der Waals surface area contributed by atoms with Gasteiger partial charge in [0, 0.05) is 19.7 Å². The number of nitrogens with zero attached hydrogens (tertiary/aromatic N) is 3. The smallest absolute Gasteiger partial charge is 0.134 e. The molecule has 1 aromatic heterocycles. The number of aromatic nitrogens is 2. The van der Waals surface area contributed by atoms with E-state index in [4.69, 9.17) is 0 Å². The first kappa shape index (κ1) is 9.64. The molecule has 1 aromatic rings. The fourth-order valence-corrected chi connectivity index (χ4v) is 0.880. The Morgan fingerprint density at radius 3 is 3.00 bits per heavy atom. The lowest BCUT2D eigenvalue weighted by molar-refractivity contribution is 0.943. The van der Waals surface area contributed by atoms with Crippen LogP contribution in [0.1, 0.15) is 19.7 Å². The molecule has 0 aliphatic carbocycles. The molecule has 0 radical (unpaired) electrons. The summed E-state index contributed by atoms with van der Waals surface area (Å²) in [4.78, 5) is 12.4. The molecule has 0 saturated heterocycles. The number of aliphatic imine (C=N–C) groups is 1. The second kappa shape index (κ2) is 4.54. The molecule has 1 heterocycles. The zero-order chi connectivity index (χ0) is 9.68. The summed E-state index contributed by atoms with van der Waals surface area (Å²) >= 11 is 0. The highest BCUT2D eigenvalue weighted by Gasteiger charge is 1.96. The van der Waals surface area contributed by atoms with Crippen LogP contribution in [-0.4, -0.2) is 22.9 Å². The van der Waals surface area contributed by atoms with Gasteiger partial charge < -0.3 is 5.32 Å². The number of nitrogens with one attached hydrogen (secondary N) is 1. The molecule has 13 heavy (non-hydrogen) atoms. The van der Waals surface area contributed by atoms with Gasteiger partial charge in [0.15, 0.2) is 0 Å². The van der Waals surface area contributed by atoms with E-state index in [9.17, 15) is 0 Å². The highest BCUT2D eigenvalue weighted by molar-refractivity contribution is 5.92. The van der Waals surface area contributed by atoms with E-state index in [-0.39, 0.29) is 0 Å². The Labute approximate surface area is 78.1 Å². The van der Waals surface area contributed by atoms with E-state index in [0.29, 0.717) is 0 Å². The molecular formula is C9H14N4. The number of amidine groups is 1. The van der Waals surface area contributed by atoms with Gasteiger partial charge in [-0.05, 0) is 13.0 Å². The van der Waals surface area contributed by atoms with Crippen LogP contribution in [0.3, 0.4) is 0 Å². The molecule has 70 valence electrons. The number of hydrogen-bond acceptors (Lipinski definition) is 3. The van der Waals surface area contributed by atoms with Crippen LogP contribution in [-0.2, 0) is 6.42 Å². The number of hydrogen-bond donors (Lipinski definition) is 1. The van der Waals surface area contributed by atoms with Crippen molar-refractivity contribution >= 4 is 11.7 Å². The van der Waals surface area contributed by atoms with Crippen LogP contribution in [0, 0.1) is 0 Å². The molecule has 0 saturated carbocycles. The van der Waals surface area contributed by atoms with Gasteiger partial charge >= 0.3 is 0 Å². The van der Waals surface area contributed by atoms with E-state index in [1.54, 1.807) is 13.2 Å². The monoisotopic (exact) mass is 178 g/mol. The van der Waals surface area contributed by atoms with Gasteiger partial charge in [0.1, 0.15) is 11.6 Å². The van der Waals surface area contributed by atoms with Crippen LogP contribution >= 0.6 is 0 Å². The molecule has 0 amide bonds. The molecule has 4 heteroatoms. The van der Waals surface area contributed by atoms with E-state index >= 15 is 0 Å². The Hall–Kier alpha value is -1.45. The molecule has 0 unspecified atom stereocenters. The van der Waals surface area contributed by atoms with Crippen molar-refractivity contribution in [2.45, 2.75) is 20.3 Å². The maximum absolute atomic E-state index is 4.28. The molecule has 0 spiro atoms. The first-order valence-corrected chi connectivity index (χ1v) is 4.28. The highest BCUT2D eigenvalue weighted by atomic mass is 15.1. The third-order valence-corrected chi connectivity index (χ3v) is 1.67. The Bertz CT molecular complexity index is 306. The number of anilines is 1. The largest absolute Gasteiger partial charge is 0.329 e. The van der Waals surface area contributed by atoms with Gasteiger partial charge in [0.25, 0.3) is 0 Å². The van der Waals surface area contributed by atoms with Crippen molar-refractivity contribution < 1.29 is 0 Å². The van der Waals surface area contributed by atoms with Crippen LogP contribution in [0.25, 0.3) is 0 Å². The predicted octanol–water partition coefficient (Wildman–Crippen LogP) is 1.50. The maximum Gasteiger partial charge on any atom is 0.134 e. The average Bonchev–Trinajstić information content (AvgIpc) is 2.18. The van der Waals surface area contributed by atoms with Crippen molar-refractivity contribution in [1.82, 2.24) is 9.97 Å². The Balaban J connectivity index is 2.77. The van der Waals surface area contributed by atoms with Gasteiger partial charge in [-0.3, -0.25) is 4.99 Å². The van der Waals surface area contributed by atoms with Gasteiger partial charge in [0.2, 0.25) is 0 Å². The number of aryl methyl sites for hydroxylation is 1. The predicted molar refractivity (Wildman–Crippen MR) is 54.1 cm³/mol. The lowest BCUT2D eigenvalue weighted by atomic mass is 10.4. The zero-order valence-electron chi connectivity index (χ0n) is 8.20. The normalized spacial score (nSPS) is 11.5. The van der Waals surface area contributed by atoms with Crippen LogP contribution in [0.15, 0.2) is 17.3 Å². The van der Waals surface area contributed by atoms with Crippen molar-refractivity contribution in [3.8, 4) is 0 Å². The second-order valence-electron chi connectivity index (χ2n) is 2.65. The Morgan fingerprint density at radius 2 is 2.38 bits per heavy atom. The molecule has 0 aromatic carbocycles. The highest BCUT2D eigenvalue weighted by Crippen LogP contribution is 2.02. The van der Waals surface area contributed by atoms with E-state index in [2.05, 4.69) is 20.3 Å². The molecule has 0 bridgehead atoms. The summed E-state index contributed by atoms with van der Waals surface area (Å²) in [5.74, 6) is 2.49. The summed E-state index contributed by atoms with van der Waals surface area (Å²) in [6, 6.07) is 1.83.